The van der Waals surface area contributed by atoms with Crippen molar-refractivity contribution >= 4 is 5.97 Å². The predicted molar refractivity (Wildman–Crippen MR) is 63.6 cm³/mol. The van der Waals surface area contributed by atoms with E-state index in [4.69, 9.17) is 14.6 Å². The quantitative estimate of drug-likeness (QED) is 0.786. The second-order valence-corrected chi connectivity index (χ2v) is 3.59. The van der Waals surface area contributed by atoms with Crippen LogP contribution in [0.5, 0.6) is 11.5 Å². The molecule has 0 aliphatic heterocycles. The van der Waals surface area contributed by atoms with Crippen molar-refractivity contribution in [3.63, 3.8) is 0 Å². The molecule has 0 radical (unpaired) electrons. The molecular formula is C12H17NO4. The highest BCUT2D eigenvalue weighted by Gasteiger charge is 2.15. The molecule has 0 saturated heterocycles. The Labute approximate surface area is 100 Å². The van der Waals surface area contributed by atoms with Crippen molar-refractivity contribution < 1.29 is 19.4 Å². The smallest absolute Gasteiger partial charge is 0.305 e. The van der Waals surface area contributed by atoms with Crippen LogP contribution in [0, 0.1) is 0 Å². The van der Waals surface area contributed by atoms with Crippen molar-refractivity contribution in [2.45, 2.75) is 12.5 Å². The van der Waals surface area contributed by atoms with Crippen LogP contribution >= 0.6 is 0 Å². The third kappa shape index (κ3) is 3.64. The van der Waals surface area contributed by atoms with E-state index in [9.17, 15) is 4.79 Å². The Kier molecular flexibility index (Phi) is 4.78. The highest BCUT2D eigenvalue weighted by atomic mass is 16.5. The number of benzene rings is 1. The summed E-state index contributed by atoms with van der Waals surface area (Å²) >= 11 is 0. The van der Waals surface area contributed by atoms with Gasteiger partial charge in [-0.25, -0.2) is 0 Å². The lowest BCUT2D eigenvalue weighted by atomic mass is 10.0. The summed E-state index contributed by atoms with van der Waals surface area (Å²) in [7, 11) is 4.84. The summed E-state index contributed by atoms with van der Waals surface area (Å²) in [6, 6.07) is 5.08. The second kappa shape index (κ2) is 6.10. The van der Waals surface area contributed by atoms with E-state index in [-0.39, 0.29) is 12.5 Å². The minimum Gasteiger partial charge on any atom is -0.497 e. The summed E-state index contributed by atoms with van der Waals surface area (Å²) in [6.07, 6.45) is 0.00677. The van der Waals surface area contributed by atoms with Gasteiger partial charge in [0.25, 0.3) is 0 Å². The van der Waals surface area contributed by atoms with Gasteiger partial charge in [0.05, 0.1) is 20.6 Å². The molecule has 94 valence electrons. The van der Waals surface area contributed by atoms with Gasteiger partial charge in [-0.3, -0.25) is 4.79 Å². The minimum atomic E-state index is -0.855. The average Bonchev–Trinajstić information content (AvgIpc) is 2.34. The molecule has 0 fully saturated rings. The summed E-state index contributed by atoms with van der Waals surface area (Å²) in [6.45, 7) is 0. The number of ether oxygens (including phenoxy) is 2. The standard InChI is InChI=1S/C12H17NO4/c1-13-11(7-12(14)15)8-4-9(16-2)6-10(5-8)17-3/h4-6,11,13H,7H2,1-3H3,(H,14,15). The molecule has 0 saturated carbocycles. The average molecular weight is 239 g/mol. The first-order valence-corrected chi connectivity index (χ1v) is 5.22. The molecule has 0 aliphatic rings. The lowest BCUT2D eigenvalue weighted by Crippen LogP contribution is -2.19. The van der Waals surface area contributed by atoms with Crippen LogP contribution in [0.1, 0.15) is 18.0 Å². The van der Waals surface area contributed by atoms with E-state index in [2.05, 4.69) is 5.32 Å². The third-order valence-corrected chi connectivity index (χ3v) is 2.50. The van der Waals surface area contributed by atoms with Crippen molar-refractivity contribution in [1.29, 1.82) is 0 Å². The fourth-order valence-corrected chi connectivity index (χ4v) is 1.59. The molecule has 2 N–H and O–H groups in total. The first kappa shape index (κ1) is 13.3. The molecule has 0 spiro atoms. The normalized spacial score (nSPS) is 11.9. The van der Waals surface area contributed by atoms with E-state index < -0.39 is 5.97 Å². The molecule has 1 unspecified atom stereocenters. The van der Waals surface area contributed by atoms with Gasteiger partial charge >= 0.3 is 5.97 Å². The Morgan fingerprint density at radius 3 is 2.18 bits per heavy atom. The predicted octanol–water partition coefficient (Wildman–Crippen LogP) is 1.44. The molecule has 1 atom stereocenters. The van der Waals surface area contributed by atoms with Gasteiger partial charge in [-0.1, -0.05) is 0 Å². The van der Waals surface area contributed by atoms with E-state index in [0.717, 1.165) is 5.56 Å². The van der Waals surface area contributed by atoms with Gasteiger partial charge in [-0.05, 0) is 24.7 Å². The van der Waals surface area contributed by atoms with Crippen molar-refractivity contribution in [3.8, 4) is 11.5 Å². The number of hydrogen-bond acceptors (Lipinski definition) is 4. The lowest BCUT2D eigenvalue weighted by Gasteiger charge is -2.16. The first-order chi connectivity index (χ1) is 8.10. The Morgan fingerprint density at radius 1 is 1.29 bits per heavy atom. The molecule has 1 aromatic rings. The number of carboxylic acid groups (broad SMARTS) is 1. The van der Waals surface area contributed by atoms with Gasteiger partial charge in [0.2, 0.25) is 0 Å². The fourth-order valence-electron chi connectivity index (χ4n) is 1.59. The lowest BCUT2D eigenvalue weighted by molar-refractivity contribution is -0.137. The van der Waals surface area contributed by atoms with Crippen LogP contribution in [0.15, 0.2) is 18.2 Å². The number of rotatable bonds is 6. The van der Waals surface area contributed by atoms with Crippen LogP contribution in [0.25, 0.3) is 0 Å². The van der Waals surface area contributed by atoms with Crippen molar-refractivity contribution in [2.75, 3.05) is 21.3 Å². The van der Waals surface area contributed by atoms with Crippen LogP contribution in [-0.4, -0.2) is 32.3 Å². The molecule has 0 heterocycles. The molecule has 1 aromatic carbocycles. The number of aliphatic carboxylic acids is 1. The Morgan fingerprint density at radius 2 is 1.82 bits per heavy atom. The molecule has 0 aromatic heterocycles. The van der Waals surface area contributed by atoms with Crippen molar-refractivity contribution in [2.24, 2.45) is 0 Å². The van der Waals surface area contributed by atoms with Gasteiger partial charge in [0, 0.05) is 12.1 Å². The van der Waals surface area contributed by atoms with Crippen LogP contribution in [0.3, 0.4) is 0 Å². The van der Waals surface area contributed by atoms with E-state index in [1.165, 1.54) is 0 Å². The van der Waals surface area contributed by atoms with Gasteiger partial charge in [0.1, 0.15) is 11.5 Å². The molecule has 0 amide bonds. The van der Waals surface area contributed by atoms with E-state index in [0.29, 0.717) is 11.5 Å². The minimum absolute atomic E-state index is 0.00677. The first-order valence-electron chi connectivity index (χ1n) is 5.22. The molecule has 17 heavy (non-hydrogen) atoms. The number of carbonyl (C=O) groups is 1. The van der Waals surface area contributed by atoms with Crippen LogP contribution in [0.4, 0.5) is 0 Å². The summed E-state index contributed by atoms with van der Waals surface area (Å²) in [4.78, 5) is 10.7. The van der Waals surface area contributed by atoms with Gasteiger partial charge in [-0.2, -0.15) is 0 Å². The van der Waals surface area contributed by atoms with Gasteiger partial charge < -0.3 is 19.9 Å². The molecular weight excluding hydrogens is 222 g/mol. The van der Waals surface area contributed by atoms with Crippen LogP contribution in [-0.2, 0) is 4.79 Å². The molecule has 5 heteroatoms. The Balaban J connectivity index is 3.04. The number of methoxy groups -OCH3 is 2. The maximum absolute atomic E-state index is 10.7. The summed E-state index contributed by atoms with van der Waals surface area (Å²) in [5.41, 5.74) is 0.825. The SMILES string of the molecule is CNC(CC(=O)O)c1cc(OC)cc(OC)c1. The second-order valence-electron chi connectivity index (χ2n) is 3.59. The van der Waals surface area contributed by atoms with E-state index >= 15 is 0 Å². The highest BCUT2D eigenvalue weighted by Crippen LogP contribution is 2.27. The number of carboxylic acids is 1. The Hall–Kier alpha value is -1.75. The van der Waals surface area contributed by atoms with Crippen LogP contribution < -0.4 is 14.8 Å². The zero-order valence-corrected chi connectivity index (χ0v) is 10.2. The zero-order valence-electron chi connectivity index (χ0n) is 10.2. The highest BCUT2D eigenvalue weighted by molar-refractivity contribution is 5.68. The molecule has 0 bridgehead atoms. The molecule has 0 aliphatic carbocycles. The fraction of sp³-hybridized carbons (Fsp3) is 0.417. The number of hydrogen-bond donors (Lipinski definition) is 2. The van der Waals surface area contributed by atoms with Crippen molar-refractivity contribution in [3.05, 3.63) is 23.8 Å². The Bertz CT molecular complexity index is 370. The third-order valence-electron chi connectivity index (χ3n) is 2.50. The monoisotopic (exact) mass is 239 g/mol. The van der Waals surface area contributed by atoms with E-state index in [1.807, 2.05) is 0 Å². The maximum atomic E-state index is 10.7. The largest absolute Gasteiger partial charge is 0.497 e. The molecule has 1 rings (SSSR count). The van der Waals surface area contributed by atoms with Gasteiger partial charge in [0.15, 0.2) is 0 Å². The maximum Gasteiger partial charge on any atom is 0.305 e. The summed E-state index contributed by atoms with van der Waals surface area (Å²) in [5, 5.41) is 11.8. The van der Waals surface area contributed by atoms with Gasteiger partial charge in [-0.15, -0.1) is 0 Å². The summed E-state index contributed by atoms with van der Waals surface area (Å²) < 4.78 is 10.3. The van der Waals surface area contributed by atoms with Crippen LogP contribution in [0.2, 0.25) is 0 Å². The topological polar surface area (TPSA) is 67.8 Å². The van der Waals surface area contributed by atoms with Crippen molar-refractivity contribution in [1.82, 2.24) is 5.32 Å². The summed E-state index contributed by atoms with van der Waals surface area (Å²) in [5.74, 6) is 0.432. The van der Waals surface area contributed by atoms with E-state index in [1.54, 1.807) is 39.5 Å². The zero-order chi connectivity index (χ0) is 12.8. The number of nitrogens with one attached hydrogen (secondary N) is 1. The molecule has 5 nitrogen and oxygen atoms in total.